The molecule has 0 radical (unpaired) electrons. The number of anilines is 2. The van der Waals surface area contributed by atoms with Crippen LogP contribution in [0, 0.1) is 18.3 Å². The van der Waals surface area contributed by atoms with Gasteiger partial charge in [-0.1, -0.05) is 0 Å². The highest BCUT2D eigenvalue weighted by Gasteiger charge is 2.16. The van der Waals surface area contributed by atoms with E-state index in [0.717, 1.165) is 10.7 Å². The molecule has 20 heavy (non-hydrogen) atoms. The van der Waals surface area contributed by atoms with Gasteiger partial charge in [0.15, 0.2) is 11.5 Å². The van der Waals surface area contributed by atoms with E-state index in [2.05, 4.69) is 25.8 Å². The van der Waals surface area contributed by atoms with Crippen LogP contribution >= 0.6 is 23.3 Å². The van der Waals surface area contributed by atoms with E-state index in [1.165, 1.54) is 23.3 Å². The molecule has 0 aliphatic carbocycles. The van der Waals surface area contributed by atoms with Gasteiger partial charge in [0.25, 0.3) is 0 Å². The van der Waals surface area contributed by atoms with E-state index in [4.69, 9.17) is 0 Å². The van der Waals surface area contributed by atoms with Crippen LogP contribution in [0.4, 0.5) is 10.8 Å². The number of hydrogen-bond acceptors (Lipinski definition) is 7. The van der Waals surface area contributed by atoms with Crippen molar-refractivity contribution >= 4 is 39.8 Å². The largest absolute Gasteiger partial charge is 0.329 e. The maximum atomic E-state index is 9.41. The lowest BCUT2D eigenvalue weighted by Gasteiger charge is -2.10. The first-order chi connectivity index (χ1) is 9.72. The molecule has 3 aromatic heterocycles. The summed E-state index contributed by atoms with van der Waals surface area (Å²) in [7, 11) is 0. The highest BCUT2D eigenvalue weighted by Crippen LogP contribution is 2.29. The molecule has 6 nitrogen and oxygen atoms in total. The first-order valence-electron chi connectivity index (χ1n) is 5.75. The molecule has 0 bridgehead atoms. The third-order valence-corrected chi connectivity index (χ3v) is 4.15. The van der Waals surface area contributed by atoms with Crippen molar-refractivity contribution in [2.75, 3.05) is 11.6 Å². The summed E-state index contributed by atoms with van der Waals surface area (Å²) in [5, 5.41) is 18.4. The van der Waals surface area contributed by atoms with Gasteiger partial charge in [0, 0.05) is 6.07 Å². The fourth-order valence-electron chi connectivity index (χ4n) is 1.82. The summed E-state index contributed by atoms with van der Waals surface area (Å²) < 4.78 is 5.86. The van der Waals surface area contributed by atoms with E-state index in [1.807, 2.05) is 25.3 Å². The summed E-state index contributed by atoms with van der Waals surface area (Å²) in [6.45, 7) is 1.93. The predicted molar refractivity (Wildman–Crippen MR) is 79.6 cm³/mol. The van der Waals surface area contributed by atoms with Crippen LogP contribution in [0.5, 0.6) is 0 Å². The molecule has 0 amide bonds. The zero-order valence-electron chi connectivity index (χ0n) is 10.8. The smallest absolute Gasteiger partial charge is 0.158 e. The Morgan fingerprint density at radius 2 is 2.35 bits per heavy atom. The second-order valence-electron chi connectivity index (χ2n) is 4.02. The molecule has 0 saturated carbocycles. The minimum atomic E-state index is 0.486. The van der Waals surface area contributed by atoms with Crippen LogP contribution in [-0.4, -0.2) is 25.2 Å². The predicted octanol–water partition coefficient (Wildman–Crippen LogP) is 2.83. The average Bonchev–Trinajstić information content (AvgIpc) is 3.07. The summed E-state index contributed by atoms with van der Waals surface area (Å²) in [5.41, 5.74) is 2.13. The number of fused-ring (bicyclic) bond motifs is 1. The molecule has 8 heteroatoms. The van der Waals surface area contributed by atoms with Gasteiger partial charge >= 0.3 is 0 Å². The van der Waals surface area contributed by atoms with Gasteiger partial charge in [0.05, 0.1) is 11.9 Å². The van der Waals surface area contributed by atoms with Gasteiger partial charge in [0.2, 0.25) is 0 Å². The third kappa shape index (κ3) is 2.11. The molecular formula is C12H10N6S2. The van der Waals surface area contributed by atoms with Gasteiger partial charge in [-0.2, -0.15) is 19.2 Å². The molecule has 3 rings (SSSR count). The Bertz CT molecular complexity index is 813. The van der Waals surface area contributed by atoms with E-state index in [-0.39, 0.29) is 0 Å². The van der Waals surface area contributed by atoms with Gasteiger partial charge in [-0.05, 0) is 30.8 Å². The topological polar surface area (TPSA) is 78.9 Å². The van der Waals surface area contributed by atoms with Crippen molar-refractivity contribution in [3.05, 3.63) is 29.6 Å². The summed E-state index contributed by atoms with van der Waals surface area (Å²) >= 11 is 2.79. The second-order valence-corrected chi connectivity index (χ2v) is 5.62. The normalized spacial score (nSPS) is 10.7. The number of nitriles is 1. The SMILES string of the molecule is CSc1nc2ccnn2c(Nc2cc(C)ns2)c1C#N. The molecular weight excluding hydrogens is 292 g/mol. The number of rotatable bonds is 3. The van der Waals surface area contributed by atoms with E-state index < -0.39 is 0 Å². The molecule has 0 aliphatic rings. The number of thioether (sulfide) groups is 1. The maximum Gasteiger partial charge on any atom is 0.158 e. The summed E-state index contributed by atoms with van der Waals surface area (Å²) in [6, 6.07) is 5.94. The Labute approximate surface area is 123 Å². The number of hydrogen-bond donors (Lipinski definition) is 1. The molecule has 0 saturated heterocycles. The maximum absolute atomic E-state index is 9.41. The number of nitrogens with zero attached hydrogens (tertiary/aromatic N) is 5. The van der Waals surface area contributed by atoms with Gasteiger partial charge in [-0.25, -0.2) is 4.98 Å². The number of nitrogens with one attached hydrogen (secondary N) is 1. The fraction of sp³-hybridized carbons (Fsp3) is 0.167. The van der Waals surface area contributed by atoms with Gasteiger partial charge < -0.3 is 5.32 Å². The second kappa shape index (κ2) is 5.11. The molecule has 0 atom stereocenters. The van der Waals surface area contributed by atoms with Crippen molar-refractivity contribution < 1.29 is 0 Å². The molecule has 0 aromatic carbocycles. The van der Waals surface area contributed by atoms with Crippen LogP contribution in [0.1, 0.15) is 11.3 Å². The standard InChI is InChI=1S/C12H10N6S2/c1-7-5-10(20-17-7)16-11-8(6-13)12(19-2)15-9-3-4-14-18(9)11/h3-5,16H,1-2H3. The Morgan fingerprint density at radius 1 is 1.50 bits per heavy atom. The zero-order chi connectivity index (χ0) is 14.1. The molecule has 0 aliphatic heterocycles. The first kappa shape index (κ1) is 12.9. The summed E-state index contributed by atoms with van der Waals surface area (Å²) in [5.74, 6) is 0.621. The summed E-state index contributed by atoms with van der Waals surface area (Å²) in [6.07, 6.45) is 3.56. The zero-order valence-corrected chi connectivity index (χ0v) is 12.4. The molecule has 3 heterocycles. The van der Waals surface area contributed by atoms with Crippen molar-refractivity contribution in [1.29, 1.82) is 5.26 Å². The Morgan fingerprint density at radius 3 is 3.00 bits per heavy atom. The van der Waals surface area contributed by atoms with Crippen LogP contribution in [0.15, 0.2) is 23.4 Å². The average molecular weight is 302 g/mol. The van der Waals surface area contributed by atoms with Crippen molar-refractivity contribution in [3.63, 3.8) is 0 Å². The van der Waals surface area contributed by atoms with Crippen LogP contribution in [0.3, 0.4) is 0 Å². The number of aryl methyl sites for hydroxylation is 1. The van der Waals surface area contributed by atoms with Gasteiger partial charge in [-0.3, -0.25) is 0 Å². The Kier molecular flexibility index (Phi) is 3.30. The monoisotopic (exact) mass is 302 g/mol. The van der Waals surface area contributed by atoms with Crippen LogP contribution < -0.4 is 5.32 Å². The lowest BCUT2D eigenvalue weighted by atomic mass is 10.3. The molecule has 3 aromatic rings. The van der Waals surface area contributed by atoms with Crippen LogP contribution in [0.2, 0.25) is 0 Å². The lowest BCUT2D eigenvalue weighted by molar-refractivity contribution is 0.917. The van der Waals surface area contributed by atoms with E-state index in [0.29, 0.717) is 22.1 Å². The van der Waals surface area contributed by atoms with Gasteiger partial charge in [0.1, 0.15) is 21.7 Å². The van der Waals surface area contributed by atoms with E-state index in [1.54, 1.807) is 10.7 Å². The molecule has 0 fully saturated rings. The van der Waals surface area contributed by atoms with E-state index >= 15 is 0 Å². The number of aromatic nitrogens is 4. The highest BCUT2D eigenvalue weighted by atomic mass is 32.2. The quantitative estimate of drug-likeness (QED) is 0.592. The van der Waals surface area contributed by atoms with Crippen LogP contribution in [-0.2, 0) is 0 Å². The third-order valence-electron chi connectivity index (χ3n) is 2.68. The summed E-state index contributed by atoms with van der Waals surface area (Å²) in [4.78, 5) is 4.42. The van der Waals surface area contributed by atoms with Crippen molar-refractivity contribution in [2.45, 2.75) is 11.9 Å². The minimum absolute atomic E-state index is 0.486. The molecule has 0 spiro atoms. The lowest BCUT2D eigenvalue weighted by Crippen LogP contribution is -2.05. The molecule has 0 unspecified atom stereocenters. The van der Waals surface area contributed by atoms with Crippen molar-refractivity contribution in [2.24, 2.45) is 0 Å². The Hall–Kier alpha value is -2.11. The van der Waals surface area contributed by atoms with E-state index in [9.17, 15) is 5.26 Å². The highest BCUT2D eigenvalue weighted by molar-refractivity contribution is 7.98. The van der Waals surface area contributed by atoms with Crippen molar-refractivity contribution in [3.8, 4) is 6.07 Å². The van der Waals surface area contributed by atoms with Crippen molar-refractivity contribution in [1.82, 2.24) is 19.0 Å². The molecule has 100 valence electrons. The van der Waals surface area contributed by atoms with Gasteiger partial charge in [-0.15, -0.1) is 11.8 Å². The molecule has 1 N–H and O–H groups in total. The minimum Gasteiger partial charge on any atom is -0.329 e. The fourth-order valence-corrected chi connectivity index (χ4v) is 3.02. The first-order valence-corrected chi connectivity index (χ1v) is 7.75. The van der Waals surface area contributed by atoms with Crippen LogP contribution in [0.25, 0.3) is 5.65 Å². The Balaban J connectivity index is 2.21.